The molecule has 1 aliphatic rings. The van der Waals surface area contributed by atoms with Crippen LogP contribution in [0.5, 0.6) is 5.75 Å². The fourth-order valence-electron chi connectivity index (χ4n) is 3.79. The minimum Gasteiger partial charge on any atom is -0.497 e. The molecule has 4 rings (SSSR count). The normalized spacial score (nSPS) is 19.4. The number of methoxy groups -OCH3 is 1. The number of benzene rings is 2. The zero-order valence-corrected chi connectivity index (χ0v) is 14.5. The van der Waals surface area contributed by atoms with Crippen molar-refractivity contribution in [2.75, 3.05) is 12.8 Å². The minimum absolute atomic E-state index is 0.154. The molecular weight excluding hydrogens is 312 g/mol. The fourth-order valence-corrected chi connectivity index (χ4v) is 3.79. The number of fused-ring (bicyclic) bond motifs is 1. The van der Waals surface area contributed by atoms with Crippen LogP contribution in [0, 0.1) is 6.92 Å². The molecule has 0 fully saturated rings. The lowest BCUT2D eigenvalue weighted by molar-refractivity contribution is 0.375. The summed E-state index contributed by atoms with van der Waals surface area (Å²) in [5.41, 5.74) is 9.75. The fraction of sp³-hybridized carbons (Fsp3) is 0.300. The summed E-state index contributed by atoms with van der Waals surface area (Å²) in [6.07, 6.45) is 1.83. The predicted octanol–water partition coefficient (Wildman–Crippen LogP) is 3.50. The molecule has 1 aromatic heterocycles. The minimum atomic E-state index is 0.154. The monoisotopic (exact) mass is 334 g/mol. The number of anilines is 1. The van der Waals surface area contributed by atoms with Gasteiger partial charge in [-0.05, 0) is 48.1 Å². The molecule has 0 amide bonds. The molecule has 3 aromatic rings. The van der Waals surface area contributed by atoms with Crippen LogP contribution in [0.2, 0.25) is 0 Å². The highest BCUT2D eigenvalue weighted by molar-refractivity contribution is 5.35. The Kier molecular flexibility index (Phi) is 3.92. The van der Waals surface area contributed by atoms with E-state index < -0.39 is 0 Å². The Morgan fingerprint density at radius 3 is 2.60 bits per heavy atom. The van der Waals surface area contributed by atoms with Crippen LogP contribution in [0.15, 0.2) is 48.5 Å². The van der Waals surface area contributed by atoms with Crippen LogP contribution in [-0.2, 0) is 6.42 Å². The van der Waals surface area contributed by atoms with Crippen LogP contribution in [-0.4, -0.2) is 21.9 Å². The Morgan fingerprint density at radius 1 is 1.12 bits per heavy atom. The maximum atomic E-state index is 5.90. The number of hydrogen-bond acceptors (Lipinski definition) is 4. The second kappa shape index (κ2) is 6.24. The van der Waals surface area contributed by atoms with Gasteiger partial charge in [0.15, 0.2) is 0 Å². The van der Waals surface area contributed by atoms with Gasteiger partial charge in [0, 0.05) is 6.42 Å². The third-order valence-corrected chi connectivity index (χ3v) is 5.08. The van der Waals surface area contributed by atoms with Crippen molar-refractivity contribution in [3.8, 4) is 5.75 Å². The second-order valence-corrected chi connectivity index (χ2v) is 6.61. The highest BCUT2D eigenvalue weighted by Gasteiger charge is 2.31. The van der Waals surface area contributed by atoms with E-state index in [4.69, 9.17) is 10.5 Å². The first kappa shape index (κ1) is 15.7. The van der Waals surface area contributed by atoms with Gasteiger partial charge in [0.05, 0.1) is 13.2 Å². The molecule has 2 atom stereocenters. The molecule has 0 saturated carbocycles. The highest BCUT2D eigenvalue weighted by atomic mass is 16.5. The topological polar surface area (TPSA) is 66.0 Å². The third-order valence-electron chi connectivity index (χ3n) is 5.08. The molecule has 0 bridgehead atoms. The van der Waals surface area contributed by atoms with Crippen molar-refractivity contribution in [1.29, 1.82) is 0 Å². The van der Waals surface area contributed by atoms with Crippen LogP contribution in [0.3, 0.4) is 0 Å². The second-order valence-electron chi connectivity index (χ2n) is 6.61. The Hall–Kier alpha value is -2.82. The average Bonchev–Trinajstić information content (AvgIpc) is 3.01. The zero-order valence-electron chi connectivity index (χ0n) is 14.5. The van der Waals surface area contributed by atoms with E-state index in [9.17, 15) is 0 Å². The summed E-state index contributed by atoms with van der Waals surface area (Å²) < 4.78 is 7.29. The molecule has 5 heteroatoms. The molecule has 2 heterocycles. The predicted molar refractivity (Wildman–Crippen MR) is 97.8 cm³/mol. The van der Waals surface area contributed by atoms with Crippen molar-refractivity contribution < 1.29 is 4.74 Å². The van der Waals surface area contributed by atoms with Crippen LogP contribution in [0.4, 0.5) is 5.95 Å². The summed E-state index contributed by atoms with van der Waals surface area (Å²) in [5.74, 6) is 2.57. The molecule has 25 heavy (non-hydrogen) atoms. The summed E-state index contributed by atoms with van der Waals surface area (Å²) in [5, 5.41) is 4.47. The summed E-state index contributed by atoms with van der Waals surface area (Å²) >= 11 is 0. The van der Waals surface area contributed by atoms with Crippen LogP contribution >= 0.6 is 0 Å². The van der Waals surface area contributed by atoms with E-state index in [2.05, 4.69) is 53.4 Å². The standard InChI is InChI=1S/C20H22N4O/c1-13-5-3-4-6-17(13)18-11-15(12-19-22-20(21)23-24(18)19)14-7-9-16(25-2)10-8-14/h3-10,15,18H,11-12H2,1-2H3,(H2,21,23). The van der Waals surface area contributed by atoms with Crippen molar-refractivity contribution in [3.63, 3.8) is 0 Å². The number of nitrogens with zero attached hydrogens (tertiary/aromatic N) is 3. The molecule has 2 unspecified atom stereocenters. The van der Waals surface area contributed by atoms with Crippen LogP contribution in [0.1, 0.15) is 40.9 Å². The SMILES string of the molecule is COc1ccc(C2Cc3nc(N)nn3C(c3ccccc3C)C2)cc1. The number of hydrogen-bond donors (Lipinski definition) is 1. The van der Waals surface area contributed by atoms with E-state index in [-0.39, 0.29) is 6.04 Å². The summed E-state index contributed by atoms with van der Waals surface area (Å²) in [7, 11) is 1.69. The lowest BCUT2D eigenvalue weighted by atomic mass is 9.83. The summed E-state index contributed by atoms with van der Waals surface area (Å²) in [6, 6.07) is 17.0. The molecule has 0 saturated heterocycles. The first-order valence-corrected chi connectivity index (χ1v) is 8.56. The van der Waals surface area contributed by atoms with E-state index in [0.29, 0.717) is 11.9 Å². The Morgan fingerprint density at radius 2 is 1.88 bits per heavy atom. The average molecular weight is 334 g/mol. The largest absolute Gasteiger partial charge is 0.497 e. The lowest BCUT2D eigenvalue weighted by Gasteiger charge is -2.31. The van der Waals surface area contributed by atoms with E-state index in [0.717, 1.165) is 24.4 Å². The molecule has 0 radical (unpaired) electrons. The molecular formula is C20H22N4O. The van der Waals surface area contributed by atoms with Gasteiger partial charge in [-0.1, -0.05) is 36.4 Å². The Bertz CT molecular complexity index is 885. The Balaban J connectivity index is 1.74. The quantitative estimate of drug-likeness (QED) is 0.796. The molecule has 2 aromatic carbocycles. The number of aromatic nitrogens is 3. The van der Waals surface area contributed by atoms with Crippen LogP contribution in [0.25, 0.3) is 0 Å². The van der Waals surface area contributed by atoms with E-state index in [1.807, 2.05) is 16.8 Å². The van der Waals surface area contributed by atoms with E-state index in [1.54, 1.807) is 7.11 Å². The van der Waals surface area contributed by atoms with E-state index >= 15 is 0 Å². The smallest absolute Gasteiger partial charge is 0.239 e. The Labute approximate surface area is 147 Å². The van der Waals surface area contributed by atoms with Gasteiger partial charge in [-0.25, -0.2) is 4.68 Å². The van der Waals surface area contributed by atoms with Gasteiger partial charge < -0.3 is 10.5 Å². The molecule has 0 spiro atoms. The molecule has 2 N–H and O–H groups in total. The van der Waals surface area contributed by atoms with E-state index in [1.165, 1.54) is 16.7 Å². The summed E-state index contributed by atoms with van der Waals surface area (Å²) in [4.78, 5) is 4.47. The maximum absolute atomic E-state index is 5.90. The number of aryl methyl sites for hydroxylation is 1. The molecule has 5 nitrogen and oxygen atoms in total. The number of nitrogens with two attached hydrogens (primary N) is 1. The van der Waals surface area contributed by atoms with Gasteiger partial charge in [-0.3, -0.25) is 0 Å². The highest BCUT2D eigenvalue weighted by Crippen LogP contribution is 2.39. The molecule has 128 valence electrons. The first-order chi connectivity index (χ1) is 12.2. The summed E-state index contributed by atoms with van der Waals surface area (Å²) in [6.45, 7) is 2.15. The third kappa shape index (κ3) is 2.86. The van der Waals surface area contributed by atoms with Gasteiger partial charge in [-0.15, -0.1) is 5.10 Å². The molecule has 1 aliphatic heterocycles. The number of nitrogen functional groups attached to an aromatic ring is 1. The van der Waals surface area contributed by atoms with Crippen molar-refractivity contribution >= 4 is 5.95 Å². The van der Waals surface area contributed by atoms with Gasteiger partial charge in [-0.2, -0.15) is 4.98 Å². The van der Waals surface area contributed by atoms with Crippen molar-refractivity contribution in [1.82, 2.24) is 14.8 Å². The number of ether oxygens (including phenoxy) is 1. The molecule has 0 aliphatic carbocycles. The number of rotatable bonds is 3. The van der Waals surface area contributed by atoms with Crippen molar-refractivity contribution in [2.24, 2.45) is 0 Å². The first-order valence-electron chi connectivity index (χ1n) is 8.56. The van der Waals surface area contributed by atoms with Gasteiger partial charge >= 0.3 is 0 Å². The van der Waals surface area contributed by atoms with Gasteiger partial charge in [0.2, 0.25) is 5.95 Å². The van der Waals surface area contributed by atoms with Gasteiger partial charge in [0.1, 0.15) is 11.6 Å². The van der Waals surface area contributed by atoms with Crippen molar-refractivity contribution in [3.05, 3.63) is 71.0 Å². The van der Waals surface area contributed by atoms with Gasteiger partial charge in [0.25, 0.3) is 0 Å². The lowest BCUT2D eigenvalue weighted by Crippen LogP contribution is -2.26. The zero-order chi connectivity index (χ0) is 17.4. The van der Waals surface area contributed by atoms with Crippen LogP contribution < -0.4 is 10.5 Å². The maximum Gasteiger partial charge on any atom is 0.239 e. The van der Waals surface area contributed by atoms with Crippen molar-refractivity contribution in [2.45, 2.75) is 31.7 Å².